The molecule has 0 amide bonds. The van der Waals surface area contributed by atoms with Gasteiger partial charge in [0.1, 0.15) is 6.29 Å². The molecule has 0 radical (unpaired) electrons. The van der Waals surface area contributed by atoms with E-state index in [9.17, 15) is 67.6 Å². The standard InChI is InChI=1S/C24H33FN4O3S.C10H12FNO3S.C10H12FNO.C9H8FNO3.C9H10FNO.C9H12FNO.C8H7FO2.CH3NO2/c1-3-18-15-26-24(27-16-18)28-9-6-19(7-10-28)5-4-12-32-23-14-20-8-11-29(33(2,30)31)17-21(20)13-22(23)25;1-16(14,15)12-3-2-7-5-10(13)9(11)4-8(7)6-12;1-13-10-5-7-2-3-12-6-8(7)4-9(10)11;1-14-9-6-7(2-3-8(9)10)4-5-11(12)13;10-8-3-7-5-11-2-1-6(7)4-9(8)12;1-12-9-6-7(4-5-11)2-3-8(9)10;1-11-8-4-6(5-10)2-3-7(8)9;1-2(3)4/h13-16,19H,3-12,17H2,1-2H3;4-5,13H,2-3,6H2,1H3;4-5,12H,2-3,6H2,1H3;2-6H,1H3;3-4,11-12H,1-2,5H2;2-3,6H,4-5,11H2,1H3;2-5H,1H3;1H3/b;;;5-4-;;;;. The Kier molecular flexibility index (Phi) is 37.4. The summed E-state index contributed by atoms with van der Waals surface area (Å²) in [5.74, 6) is -1.35. The smallest absolute Gasteiger partial charge is 0.235 e. The zero-order chi connectivity index (χ0) is 84.5. The maximum atomic E-state index is 14.5. The number of aromatic hydroxyl groups is 2. The van der Waals surface area contributed by atoms with Crippen LogP contribution >= 0.6 is 0 Å². The normalized spacial score (nSPS) is 14.2. The van der Waals surface area contributed by atoms with Gasteiger partial charge >= 0.3 is 0 Å². The third kappa shape index (κ3) is 30.3. The molecule has 7 aromatic carbocycles. The minimum atomic E-state index is -3.27. The van der Waals surface area contributed by atoms with Crippen LogP contribution < -0.4 is 45.0 Å². The van der Waals surface area contributed by atoms with Crippen LogP contribution in [0.2, 0.25) is 0 Å². The molecule has 26 nitrogen and oxygen atoms in total. The van der Waals surface area contributed by atoms with E-state index >= 15 is 0 Å². The van der Waals surface area contributed by atoms with Crippen molar-refractivity contribution in [2.24, 2.45) is 11.7 Å². The van der Waals surface area contributed by atoms with Crippen LogP contribution in [0.5, 0.6) is 40.2 Å². The number of carbonyl (C=O) groups excluding carboxylic acids is 1. The Labute approximate surface area is 664 Å². The number of phenolic OH excluding ortho intramolecular Hbond substituents is 2. The Hall–Kier alpha value is -10.6. The van der Waals surface area contributed by atoms with Gasteiger partial charge in [-0.05, 0) is 242 Å². The molecule has 1 fully saturated rings. The molecule has 8 aromatic rings. The molecule has 13 rings (SSSR count). The Morgan fingerprint density at radius 1 is 0.557 bits per heavy atom. The number of aromatic nitrogens is 2. The van der Waals surface area contributed by atoms with Gasteiger partial charge in [0.25, 0.3) is 0 Å². The van der Waals surface area contributed by atoms with Gasteiger partial charge in [0.15, 0.2) is 88.0 Å². The van der Waals surface area contributed by atoms with Crippen molar-refractivity contribution in [2.75, 3.05) is 105 Å². The number of carbonyl (C=O) groups is 1. The van der Waals surface area contributed by atoms with Gasteiger partial charge < -0.3 is 55.2 Å². The predicted octanol–water partition coefficient (Wildman–Crippen LogP) is 12.0. The molecular formula is C80H97F7N10O16S2. The van der Waals surface area contributed by atoms with Crippen LogP contribution in [0.15, 0.2) is 122 Å². The fraction of sp³-hybridized carbons (Fsp3) is 0.388. The number of nitrogens with two attached hydrogens (primary N) is 1. The van der Waals surface area contributed by atoms with E-state index < -0.39 is 59.0 Å². The first-order valence-corrected chi connectivity index (χ1v) is 40.1. The first-order chi connectivity index (χ1) is 54.7. The summed E-state index contributed by atoms with van der Waals surface area (Å²) in [4.78, 5) is 39.2. The number of piperidine rings is 1. The molecule has 35 heteroatoms. The van der Waals surface area contributed by atoms with Crippen molar-refractivity contribution < 1.29 is 96.1 Å². The maximum Gasteiger partial charge on any atom is 0.235 e. The molecule has 0 aliphatic carbocycles. The fourth-order valence-electron chi connectivity index (χ4n) is 12.2. The minimum Gasteiger partial charge on any atom is -0.505 e. The molecule has 0 saturated carbocycles. The van der Waals surface area contributed by atoms with E-state index in [0.29, 0.717) is 80.3 Å². The summed E-state index contributed by atoms with van der Waals surface area (Å²) in [6.45, 7) is 9.57. The maximum absolute atomic E-state index is 14.5. The summed E-state index contributed by atoms with van der Waals surface area (Å²) in [5.41, 5.74) is 15.8. The van der Waals surface area contributed by atoms with E-state index in [1.165, 1.54) is 128 Å². The molecule has 1 aromatic heterocycles. The molecular weight excluding hydrogens is 1550 g/mol. The molecule has 5 aliphatic rings. The summed E-state index contributed by atoms with van der Waals surface area (Å²) in [7, 11) is 0.00105. The van der Waals surface area contributed by atoms with Crippen LogP contribution in [0.25, 0.3) is 6.08 Å². The first-order valence-electron chi connectivity index (χ1n) is 36.4. The van der Waals surface area contributed by atoms with Crippen LogP contribution in [-0.4, -0.2) is 162 Å². The second kappa shape index (κ2) is 46.1. The van der Waals surface area contributed by atoms with E-state index in [2.05, 4.69) is 37.2 Å². The minimum absolute atomic E-state index is 0.0653. The molecule has 0 atom stereocenters. The van der Waals surface area contributed by atoms with Crippen molar-refractivity contribution in [1.82, 2.24) is 29.2 Å². The molecule has 624 valence electrons. The Bertz CT molecular complexity index is 4790. The molecule has 0 spiro atoms. The third-order valence-corrected chi connectivity index (χ3v) is 21.0. The number of phenols is 2. The number of nitro groups is 2. The summed E-state index contributed by atoms with van der Waals surface area (Å²) < 4.78 is 166. The molecule has 5 aliphatic heterocycles. The summed E-state index contributed by atoms with van der Waals surface area (Å²) >= 11 is 0. The van der Waals surface area contributed by atoms with Crippen LogP contribution in [-0.2, 0) is 84.8 Å². The molecule has 6 heterocycles. The lowest BCUT2D eigenvalue weighted by Gasteiger charge is -2.32. The highest BCUT2D eigenvalue weighted by atomic mass is 32.2. The van der Waals surface area contributed by atoms with E-state index in [0.717, 1.165) is 154 Å². The molecule has 0 bridgehead atoms. The average Bonchev–Trinajstić information content (AvgIpc) is 0.814. The van der Waals surface area contributed by atoms with Crippen LogP contribution in [0.3, 0.4) is 0 Å². The van der Waals surface area contributed by atoms with Gasteiger partial charge in [-0.3, -0.25) is 25.0 Å². The lowest BCUT2D eigenvalue weighted by Crippen LogP contribution is -2.35. The highest BCUT2D eigenvalue weighted by molar-refractivity contribution is 7.88. The monoisotopic (exact) mass is 1650 g/mol. The second-order valence-corrected chi connectivity index (χ2v) is 30.6. The lowest BCUT2D eigenvalue weighted by molar-refractivity contribution is -0.445. The lowest BCUT2D eigenvalue weighted by atomic mass is 9.92. The van der Waals surface area contributed by atoms with E-state index in [-0.39, 0.29) is 59.2 Å². The number of ether oxygens (including phenoxy) is 5. The van der Waals surface area contributed by atoms with Gasteiger partial charge in [-0.1, -0.05) is 19.1 Å². The Morgan fingerprint density at radius 2 is 0.983 bits per heavy atom. The molecule has 115 heavy (non-hydrogen) atoms. The number of halogens is 7. The van der Waals surface area contributed by atoms with Gasteiger partial charge in [-0.2, -0.15) is 8.61 Å². The number of sulfonamides is 2. The SMILES string of the molecule is CCc1cnc(N2CCC(CCCOc3cc4c(cc3F)CN(S(C)(=O)=O)CC4)CC2)nc1.COc1cc(/C=C\[N+](=O)[O-])ccc1F.COc1cc(C=O)ccc1F.COc1cc(CCN)ccc1F.COc1cc2c(cc1F)CNCC2.CS(=O)(=O)N1CCc2cc(O)c(F)cc2C1.C[N+](=O)[O-].Oc1cc2c(cc1F)CNCC2. The Balaban J connectivity index is 0.000000216. The van der Waals surface area contributed by atoms with Crippen molar-refractivity contribution in [3.63, 3.8) is 0 Å². The highest BCUT2D eigenvalue weighted by Gasteiger charge is 2.27. The summed E-state index contributed by atoms with van der Waals surface area (Å²) in [6.07, 6.45) is 17.5. The first kappa shape index (κ1) is 93.3. The van der Waals surface area contributed by atoms with Crippen molar-refractivity contribution in [2.45, 2.75) is 97.3 Å². The predicted molar refractivity (Wildman–Crippen MR) is 421 cm³/mol. The zero-order valence-corrected chi connectivity index (χ0v) is 66.7. The van der Waals surface area contributed by atoms with E-state index in [1.54, 1.807) is 30.3 Å². The molecule has 0 unspecified atom stereocenters. The number of aryl methyl sites for hydroxylation is 1. The van der Waals surface area contributed by atoms with Crippen LogP contribution in [0.4, 0.5) is 36.7 Å². The zero-order valence-electron chi connectivity index (χ0n) is 65.1. The third-order valence-electron chi connectivity index (χ3n) is 18.5. The topological polar surface area (TPSA) is 344 Å². The van der Waals surface area contributed by atoms with Crippen LogP contribution in [0, 0.1) is 66.9 Å². The van der Waals surface area contributed by atoms with E-state index in [4.69, 9.17) is 39.9 Å². The fourth-order valence-corrected chi connectivity index (χ4v) is 13.8. The number of benzene rings is 7. The number of anilines is 1. The number of hydrogen-bond donors (Lipinski definition) is 5. The van der Waals surface area contributed by atoms with E-state index in [1.807, 2.05) is 12.4 Å². The van der Waals surface area contributed by atoms with Gasteiger partial charge in [0, 0.05) is 81.3 Å². The van der Waals surface area contributed by atoms with Gasteiger partial charge in [0.2, 0.25) is 32.2 Å². The number of aldehydes is 1. The van der Waals surface area contributed by atoms with Gasteiger partial charge in [-0.25, -0.2) is 57.5 Å². The van der Waals surface area contributed by atoms with Crippen molar-refractivity contribution in [3.05, 3.63) is 249 Å². The number of fused-ring (bicyclic) bond motifs is 4. The van der Waals surface area contributed by atoms with Crippen molar-refractivity contribution in [3.8, 4) is 40.2 Å². The molecule has 6 N–H and O–H groups in total. The second-order valence-electron chi connectivity index (χ2n) is 26.6. The number of methoxy groups -OCH3 is 4. The van der Waals surface area contributed by atoms with Crippen molar-refractivity contribution >= 4 is 38.4 Å². The highest BCUT2D eigenvalue weighted by Crippen LogP contribution is 2.32. The number of rotatable bonds is 18. The summed E-state index contributed by atoms with van der Waals surface area (Å²) in [5, 5.41) is 43.4. The number of nitrogens with one attached hydrogen (secondary N) is 2. The summed E-state index contributed by atoms with van der Waals surface area (Å²) in [6, 6.07) is 24.7. The van der Waals surface area contributed by atoms with Gasteiger partial charge in [-0.15, -0.1) is 0 Å². The number of hydrogen-bond acceptors (Lipinski definition) is 22. The van der Waals surface area contributed by atoms with Gasteiger partial charge in [0.05, 0.1) is 52.5 Å². The quantitative estimate of drug-likeness (QED) is 0.0175. The van der Waals surface area contributed by atoms with Crippen LogP contribution in [0.1, 0.15) is 104 Å². The number of nitrogens with zero attached hydrogens (tertiary/aromatic N) is 7. The average molecular weight is 1650 g/mol. The largest absolute Gasteiger partial charge is 0.505 e. The Morgan fingerprint density at radius 3 is 1.47 bits per heavy atom. The molecule has 1 saturated heterocycles. The van der Waals surface area contributed by atoms with Crippen molar-refractivity contribution in [1.29, 1.82) is 0 Å².